The van der Waals surface area contributed by atoms with Gasteiger partial charge in [0, 0.05) is 7.11 Å². The zero-order chi connectivity index (χ0) is 15.5. The average Bonchev–Trinajstić information content (AvgIpc) is 2.55. The number of hydrogen-bond donors (Lipinski definition) is 1. The number of aromatic carboxylic acids is 1. The summed E-state index contributed by atoms with van der Waals surface area (Å²) in [5.74, 6) is -0.894. The van der Waals surface area contributed by atoms with Crippen LogP contribution in [0.1, 0.15) is 33.5 Å². The highest BCUT2D eigenvalue weighted by Crippen LogP contribution is 2.36. The number of fused-ring (bicyclic) bond motifs is 1. The Labute approximate surface area is 129 Å². The number of methoxy groups -OCH3 is 1. The summed E-state index contributed by atoms with van der Waals surface area (Å²) in [6.07, 6.45) is 1.86. The van der Waals surface area contributed by atoms with Gasteiger partial charge in [-0.2, -0.15) is 0 Å². The first-order valence-electron chi connectivity index (χ1n) is 7.33. The Hall–Kier alpha value is -2.39. The van der Waals surface area contributed by atoms with Crippen LogP contribution in [0.2, 0.25) is 0 Å². The van der Waals surface area contributed by atoms with Crippen LogP contribution in [0.15, 0.2) is 54.1 Å². The van der Waals surface area contributed by atoms with E-state index < -0.39 is 5.97 Å². The maximum atomic E-state index is 11.3. The normalized spacial score (nSPS) is 13.9. The number of hydrogen-bond acceptors (Lipinski definition) is 2. The number of aryl methyl sites for hydroxylation is 1. The van der Waals surface area contributed by atoms with Crippen LogP contribution in [0.4, 0.5) is 0 Å². The van der Waals surface area contributed by atoms with Crippen molar-refractivity contribution in [2.45, 2.75) is 12.8 Å². The van der Waals surface area contributed by atoms with Crippen molar-refractivity contribution in [1.82, 2.24) is 0 Å². The summed E-state index contributed by atoms with van der Waals surface area (Å²) in [5, 5.41) is 9.27. The number of carboxylic acids is 1. The van der Waals surface area contributed by atoms with E-state index in [4.69, 9.17) is 4.74 Å². The van der Waals surface area contributed by atoms with Crippen molar-refractivity contribution in [2.75, 3.05) is 13.7 Å². The Bertz CT molecular complexity index is 730. The van der Waals surface area contributed by atoms with Crippen LogP contribution in [0.25, 0.3) is 5.57 Å². The predicted molar refractivity (Wildman–Crippen MR) is 86.1 cm³/mol. The minimum Gasteiger partial charge on any atom is -0.478 e. The molecule has 0 unspecified atom stereocenters. The van der Waals surface area contributed by atoms with Gasteiger partial charge in [0.2, 0.25) is 0 Å². The van der Waals surface area contributed by atoms with E-state index in [2.05, 4.69) is 12.1 Å². The summed E-state index contributed by atoms with van der Waals surface area (Å²) in [5.41, 5.74) is 5.99. The molecule has 3 heteroatoms. The lowest BCUT2D eigenvalue weighted by molar-refractivity contribution is 0.0697. The van der Waals surface area contributed by atoms with Crippen LogP contribution < -0.4 is 0 Å². The van der Waals surface area contributed by atoms with Crippen LogP contribution >= 0.6 is 0 Å². The van der Waals surface area contributed by atoms with Crippen LogP contribution in [0.3, 0.4) is 0 Å². The van der Waals surface area contributed by atoms with Crippen LogP contribution in [0, 0.1) is 0 Å². The second-order valence-corrected chi connectivity index (χ2v) is 5.45. The van der Waals surface area contributed by atoms with E-state index in [1.807, 2.05) is 24.3 Å². The third-order valence-electron chi connectivity index (χ3n) is 4.06. The maximum Gasteiger partial charge on any atom is 0.335 e. The van der Waals surface area contributed by atoms with E-state index in [-0.39, 0.29) is 0 Å². The minimum absolute atomic E-state index is 0.325. The lowest BCUT2D eigenvalue weighted by Gasteiger charge is -2.24. The Kier molecular flexibility index (Phi) is 4.07. The molecule has 22 heavy (non-hydrogen) atoms. The zero-order valence-corrected chi connectivity index (χ0v) is 12.5. The van der Waals surface area contributed by atoms with Gasteiger partial charge in [-0.15, -0.1) is 0 Å². The van der Waals surface area contributed by atoms with E-state index >= 15 is 0 Å². The molecule has 3 nitrogen and oxygen atoms in total. The lowest BCUT2D eigenvalue weighted by atomic mass is 9.81. The van der Waals surface area contributed by atoms with Crippen molar-refractivity contribution in [3.05, 3.63) is 76.4 Å². The highest BCUT2D eigenvalue weighted by Gasteiger charge is 2.21. The number of carboxylic acid groups (broad SMARTS) is 1. The van der Waals surface area contributed by atoms with Gasteiger partial charge < -0.3 is 9.84 Å². The molecule has 0 amide bonds. The van der Waals surface area contributed by atoms with Gasteiger partial charge in [-0.3, -0.25) is 0 Å². The molecule has 0 saturated heterocycles. The fraction of sp³-hybridized carbons (Fsp3) is 0.211. The maximum absolute atomic E-state index is 11.3. The number of benzene rings is 2. The van der Waals surface area contributed by atoms with Gasteiger partial charge in [0.05, 0.1) is 12.2 Å². The summed E-state index contributed by atoms with van der Waals surface area (Å²) < 4.78 is 5.35. The number of ether oxygens (including phenoxy) is 1. The fourth-order valence-electron chi connectivity index (χ4n) is 3.04. The summed E-state index contributed by atoms with van der Waals surface area (Å²) in [4.78, 5) is 11.3. The highest BCUT2D eigenvalue weighted by atomic mass is 16.5. The first kappa shape index (κ1) is 14.5. The monoisotopic (exact) mass is 294 g/mol. The van der Waals surface area contributed by atoms with Crippen molar-refractivity contribution in [2.24, 2.45) is 0 Å². The van der Waals surface area contributed by atoms with Crippen LogP contribution in [-0.2, 0) is 11.2 Å². The predicted octanol–water partition coefficient (Wildman–Crippen LogP) is 3.78. The van der Waals surface area contributed by atoms with E-state index in [0.29, 0.717) is 12.2 Å². The molecule has 0 saturated carbocycles. The Morgan fingerprint density at radius 2 is 1.91 bits per heavy atom. The van der Waals surface area contributed by atoms with Crippen LogP contribution in [-0.4, -0.2) is 24.8 Å². The van der Waals surface area contributed by atoms with Gasteiger partial charge >= 0.3 is 5.97 Å². The molecule has 1 N–H and O–H groups in total. The molecule has 0 fully saturated rings. The van der Waals surface area contributed by atoms with E-state index in [1.165, 1.54) is 11.1 Å². The molecule has 0 aliphatic heterocycles. The average molecular weight is 294 g/mol. The SMILES string of the molecule is COCC1=C(c2ccccc2)c2cc(C(=O)O)ccc2CC1. The molecule has 0 spiro atoms. The van der Waals surface area contributed by atoms with Gasteiger partial charge in [0.15, 0.2) is 0 Å². The Balaban J connectivity index is 2.21. The van der Waals surface area contributed by atoms with Gasteiger partial charge in [-0.1, -0.05) is 36.4 Å². The van der Waals surface area contributed by atoms with Crippen molar-refractivity contribution in [3.8, 4) is 0 Å². The minimum atomic E-state index is -0.894. The standard InChI is InChI=1S/C19H18O3/c1-22-12-16-10-8-13-7-9-15(19(20)21)11-17(13)18(16)14-5-3-2-4-6-14/h2-7,9,11H,8,10,12H2,1H3,(H,20,21). The van der Waals surface area contributed by atoms with Crippen LogP contribution in [0.5, 0.6) is 0 Å². The lowest BCUT2D eigenvalue weighted by Crippen LogP contribution is -2.11. The molecule has 1 aliphatic carbocycles. The molecular weight excluding hydrogens is 276 g/mol. The summed E-state index contributed by atoms with van der Waals surface area (Å²) in [7, 11) is 1.69. The van der Waals surface area contributed by atoms with Crippen molar-refractivity contribution in [1.29, 1.82) is 0 Å². The Morgan fingerprint density at radius 3 is 2.59 bits per heavy atom. The second kappa shape index (κ2) is 6.16. The molecule has 0 atom stereocenters. The van der Waals surface area contributed by atoms with Gasteiger partial charge in [-0.25, -0.2) is 4.79 Å². The first-order valence-corrected chi connectivity index (χ1v) is 7.33. The first-order chi connectivity index (χ1) is 10.7. The largest absolute Gasteiger partial charge is 0.478 e. The second-order valence-electron chi connectivity index (χ2n) is 5.45. The molecular formula is C19H18O3. The van der Waals surface area contributed by atoms with E-state index in [1.54, 1.807) is 19.2 Å². The van der Waals surface area contributed by atoms with Gasteiger partial charge in [0.1, 0.15) is 0 Å². The topological polar surface area (TPSA) is 46.5 Å². The van der Waals surface area contributed by atoms with E-state index in [0.717, 1.165) is 29.5 Å². The fourth-order valence-corrected chi connectivity index (χ4v) is 3.04. The van der Waals surface area contributed by atoms with Crippen molar-refractivity contribution in [3.63, 3.8) is 0 Å². The van der Waals surface area contributed by atoms with Crippen molar-refractivity contribution >= 4 is 11.5 Å². The van der Waals surface area contributed by atoms with Crippen molar-refractivity contribution < 1.29 is 14.6 Å². The van der Waals surface area contributed by atoms with Gasteiger partial charge in [0.25, 0.3) is 0 Å². The summed E-state index contributed by atoms with van der Waals surface area (Å²) >= 11 is 0. The molecule has 112 valence electrons. The summed E-state index contributed by atoms with van der Waals surface area (Å²) in [6, 6.07) is 15.5. The van der Waals surface area contributed by atoms with E-state index in [9.17, 15) is 9.90 Å². The Morgan fingerprint density at radius 1 is 1.14 bits per heavy atom. The third kappa shape index (κ3) is 2.68. The van der Waals surface area contributed by atoms with Gasteiger partial charge in [-0.05, 0) is 52.8 Å². The highest BCUT2D eigenvalue weighted by molar-refractivity contribution is 5.92. The third-order valence-corrected chi connectivity index (χ3v) is 4.06. The molecule has 2 aromatic rings. The molecule has 2 aromatic carbocycles. The molecule has 0 bridgehead atoms. The quantitative estimate of drug-likeness (QED) is 0.933. The smallest absolute Gasteiger partial charge is 0.335 e. The summed E-state index contributed by atoms with van der Waals surface area (Å²) in [6.45, 7) is 0.570. The molecule has 3 rings (SSSR count). The zero-order valence-electron chi connectivity index (χ0n) is 12.5. The molecule has 0 heterocycles. The molecule has 1 aliphatic rings. The number of rotatable bonds is 4. The number of carbonyl (C=O) groups is 1. The molecule has 0 radical (unpaired) electrons. The molecule has 0 aromatic heterocycles.